The number of carbonyl (C=O) groups excluding carboxylic acids is 3. The van der Waals surface area contributed by atoms with Crippen LogP contribution >= 0.6 is 0 Å². The van der Waals surface area contributed by atoms with Gasteiger partial charge in [0, 0.05) is 5.39 Å². The Morgan fingerprint density at radius 1 is 1.18 bits per heavy atom. The number of esters is 2. The lowest BCUT2D eigenvalue weighted by Crippen LogP contribution is -2.47. The van der Waals surface area contributed by atoms with Crippen LogP contribution in [0.15, 0.2) is 24.3 Å². The minimum atomic E-state index is -0.785. The van der Waals surface area contributed by atoms with E-state index in [9.17, 15) is 14.4 Å². The number of para-hydroxylation sites is 1. The van der Waals surface area contributed by atoms with Crippen LogP contribution in [0.25, 0.3) is 10.9 Å². The molecule has 0 fully saturated rings. The highest BCUT2D eigenvalue weighted by Crippen LogP contribution is 2.23. The topological polar surface area (TPSA) is 94.6 Å². The van der Waals surface area contributed by atoms with Crippen LogP contribution < -0.4 is 5.32 Å². The first-order valence-corrected chi connectivity index (χ1v) is 9.20. The molecule has 1 N–H and O–H groups in total. The molecule has 1 aromatic carbocycles. The van der Waals surface area contributed by atoms with Crippen molar-refractivity contribution >= 4 is 28.7 Å². The number of hydrogen-bond acceptors (Lipinski definition) is 6. The van der Waals surface area contributed by atoms with Gasteiger partial charge in [-0.05, 0) is 31.4 Å². The first kappa shape index (κ1) is 21.3. The third kappa shape index (κ3) is 4.65. The summed E-state index contributed by atoms with van der Waals surface area (Å²) in [5.41, 5.74) is 2.42. The van der Waals surface area contributed by atoms with E-state index in [1.807, 2.05) is 45.0 Å². The van der Waals surface area contributed by atoms with E-state index in [-0.39, 0.29) is 5.92 Å². The van der Waals surface area contributed by atoms with Crippen molar-refractivity contribution in [3.63, 3.8) is 0 Å². The minimum Gasteiger partial charge on any atom is -0.467 e. The van der Waals surface area contributed by atoms with Crippen LogP contribution in [0.5, 0.6) is 0 Å². The smallest absolute Gasteiger partial charge is 0.340 e. The van der Waals surface area contributed by atoms with Crippen molar-refractivity contribution in [3.8, 4) is 0 Å². The molecule has 2 atom stereocenters. The van der Waals surface area contributed by atoms with Gasteiger partial charge in [0.05, 0.1) is 23.9 Å². The van der Waals surface area contributed by atoms with Crippen molar-refractivity contribution in [1.29, 1.82) is 0 Å². The first-order valence-electron chi connectivity index (χ1n) is 9.20. The van der Waals surface area contributed by atoms with Crippen LogP contribution in [0.4, 0.5) is 0 Å². The van der Waals surface area contributed by atoms with Crippen LogP contribution in [-0.2, 0) is 19.1 Å². The lowest BCUT2D eigenvalue weighted by molar-refractivity contribution is -0.147. The van der Waals surface area contributed by atoms with Crippen molar-refractivity contribution in [2.75, 3.05) is 13.7 Å². The van der Waals surface area contributed by atoms with Crippen molar-refractivity contribution < 1.29 is 23.9 Å². The number of aromatic nitrogens is 1. The Bertz CT molecular complexity index is 894. The maximum absolute atomic E-state index is 12.6. The highest BCUT2D eigenvalue weighted by Gasteiger charge is 2.27. The molecule has 0 saturated heterocycles. The third-order valence-electron chi connectivity index (χ3n) is 4.86. The number of nitrogens with one attached hydrogen (secondary N) is 1. The number of methoxy groups -OCH3 is 1. The van der Waals surface area contributed by atoms with Gasteiger partial charge in [0.15, 0.2) is 6.61 Å². The second-order valence-electron chi connectivity index (χ2n) is 6.74. The second-order valence-corrected chi connectivity index (χ2v) is 6.74. The number of aryl methyl sites for hydroxylation is 2. The molecule has 0 radical (unpaired) electrons. The molecule has 28 heavy (non-hydrogen) atoms. The number of hydrogen-bond donors (Lipinski definition) is 1. The summed E-state index contributed by atoms with van der Waals surface area (Å²) in [5, 5.41) is 3.43. The van der Waals surface area contributed by atoms with Gasteiger partial charge in [0.2, 0.25) is 0 Å². The van der Waals surface area contributed by atoms with Gasteiger partial charge < -0.3 is 14.8 Å². The zero-order valence-corrected chi connectivity index (χ0v) is 16.9. The molecule has 0 aliphatic heterocycles. The van der Waals surface area contributed by atoms with Crippen molar-refractivity contribution in [1.82, 2.24) is 10.3 Å². The number of pyridine rings is 1. The number of benzene rings is 1. The number of fused-ring (bicyclic) bond motifs is 1. The van der Waals surface area contributed by atoms with Crippen molar-refractivity contribution in [2.24, 2.45) is 5.92 Å². The van der Waals surface area contributed by atoms with Crippen LogP contribution in [0.2, 0.25) is 0 Å². The number of carbonyl (C=O) groups is 3. The van der Waals surface area contributed by atoms with Gasteiger partial charge in [-0.3, -0.25) is 9.78 Å². The van der Waals surface area contributed by atoms with Crippen LogP contribution in [0, 0.1) is 19.8 Å². The molecule has 0 saturated carbocycles. The fourth-order valence-corrected chi connectivity index (χ4v) is 3.05. The predicted octanol–water partition coefficient (Wildman–Crippen LogP) is 2.71. The number of nitrogens with zero attached hydrogens (tertiary/aromatic N) is 1. The Morgan fingerprint density at radius 2 is 1.86 bits per heavy atom. The molecule has 1 heterocycles. The summed E-state index contributed by atoms with van der Waals surface area (Å²) in [4.78, 5) is 41.1. The van der Waals surface area contributed by atoms with E-state index in [1.165, 1.54) is 7.11 Å². The molecule has 2 aromatic rings. The van der Waals surface area contributed by atoms with Gasteiger partial charge in [-0.15, -0.1) is 0 Å². The molecule has 1 amide bonds. The normalized spacial score (nSPS) is 12.9. The summed E-state index contributed by atoms with van der Waals surface area (Å²) in [6.07, 6.45) is 0.682. The number of rotatable bonds is 7. The van der Waals surface area contributed by atoms with Gasteiger partial charge in [0.25, 0.3) is 5.91 Å². The molecular weight excluding hydrogens is 360 g/mol. The third-order valence-corrected chi connectivity index (χ3v) is 4.86. The summed E-state index contributed by atoms with van der Waals surface area (Å²) in [6, 6.07) is 6.72. The summed E-state index contributed by atoms with van der Waals surface area (Å²) in [7, 11) is 1.27. The van der Waals surface area contributed by atoms with Crippen molar-refractivity contribution in [3.05, 3.63) is 41.1 Å². The highest BCUT2D eigenvalue weighted by atomic mass is 16.5. The molecule has 0 aliphatic rings. The maximum Gasteiger partial charge on any atom is 0.340 e. The highest BCUT2D eigenvalue weighted by molar-refractivity contribution is 5.99. The van der Waals surface area contributed by atoms with Gasteiger partial charge in [-0.1, -0.05) is 38.5 Å². The fraction of sp³-hybridized carbons (Fsp3) is 0.429. The number of amides is 1. The van der Waals surface area contributed by atoms with Crippen LogP contribution in [-0.4, -0.2) is 42.6 Å². The molecule has 0 aliphatic carbocycles. The number of ether oxygens (including phenoxy) is 2. The molecule has 1 aromatic heterocycles. The SMILES string of the molecule is CC[C@H](C)[C@@H](NC(=O)COC(=O)c1c(C)nc2ccccc2c1C)C(=O)OC. The zero-order chi connectivity index (χ0) is 20.8. The van der Waals surface area contributed by atoms with Gasteiger partial charge in [-0.25, -0.2) is 9.59 Å². The molecule has 7 heteroatoms. The second kappa shape index (κ2) is 9.30. The quantitative estimate of drug-likeness (QED) is 0.735. The van der Waals surface area contributed by atoms with E-state index in [2.05, 4.69) is 10.3 Å². The van der Waals surface area contributed by atoms with E-state index in [1.54, 1.807) is 6.92 Å². The van der Waals surface area contributed by atoms with E-state index >= 15 is 0 Å². The Morgan fingerprint density at radius 3 is 2.50 bits per heavy atom. The van der Waals surface area contributed by atoms with Gasteiger partial charge >= 0.3 is 11.9 Å². The monoisotopic (exact) mass is 386 g/mol. The minimum absolute atomic E-state index is 0.110. The lowest BCUT2D eigenvalue weighted by Gasteiger charge is -2.21. The lowest BCUT2D eigenvalue weighted by atomic mass is 9.99. The zero-order valence-electron chi connectivity index (χ0n) is 16.9. The van der Waals surface area contributed by atoms with Crippen LogP contribution in [0.3, 0.4) is 0 Å². The summed E-state index contributed by atoms with van der Waals surface area (Å²) >= 11 is 0. The summed E-state index contributed by atoms with van der Waals surface area (Å²) in [5.74, 6) is -1.82. The summed E-state index contributed by atoms with van der Waals surface area (Å²) < 4.78 is 9.92. The standard InChI is InChI=1S/C21H26N2O5/c1-6-12(2)19(21(26)27-5)23-17(24)11-28-20(25)18-13(3)15-9-7-8-10-16(15)22-14(18)4/h7-10,12,19H,6,11H2,1-5H3,(H,23,24)/t12-,19+/m0/s1. The van der Waals surface area contributed by atoms with Gasteiger partial charge in [0.1, 0.15) is 6.04 Å². The molecular formula is C21H26N2O5. The molecule has 7 nitrogen and oxygen atoms in total. The average Bonchev–Trinajstić information content (AvgIpc) is 2.69. The Hall–Kier alpha value is -2.96. The summed E-state index contributed by atoms with van der Waals surface area (Å²) in [6.45, 7) is 6.80. The fourth-order valence-electron chi connectivity index (χ4n) is 3.05. The van der Waals surface area contributed by atoms with Crippen molar-refractivity contribution in [2.45, 2.75) is 40.2 Å². The molecule has 2 rings (SSSR count). The maximum atomic E-state index is 12.6. The molecule has 150 valence electrons. The van der Waals surface area contributed by atoms with E-state index in [0.29, 0.717) is 17.7 Å². The Labute approximate surface area is 164 Å². The van der Waals surface area contributed by atoms with Crippen LogP contribution in [0.1, 0.15) is 41.9 Å². The van der Waals surface area contributed by atoms with E-state index < -0.39 is 30.5 Å². The molecule has 0 unspecified atom stereocenters. The Balaban J connectivity index is 2.10. The van der Waals surface area contributed by atoms with E-state index in [4.69, 9.17) is 9.47 Å². The predicted molar refractivity (Wildman–Crippen MR) is 105 cm³/mol. The largest absolute Gasteiger partial charge is 0.467 e. The average molecular weight is 386 g/mol. The first-order chi connectivity index (χ1) is 13.3. The molecule has 0 bridgehead atoms. The molecule has 0 spiro atoms. The Kier molecular flexibility index (Phi) is 7.09. The van der Waals surface area contributed by atoms with E-state index in [0.717, 1.165) is 16.5 Å². The van der Waals surface area contributed by atoms with Gasteiger partial charge in [-0.2, -0.15) is 0 Å².